The second-order valence-corrected chi connectivity index (χ2v) is 5.01. The van der Waals surface area contributed by atoms with Gasteiger partial charge in [0.2, 0.25) is 0 Å². The van der Waals surface area contributed by atoms with E-state index in [1.165, 1.54) is 0 Å². The summed E-state index contributed by atoms with van der Waals surface area (Å²) in [5.41, 5.74) is -0.559. The molecule has 0 saturated carbocycles. The smallest absolute Gasteiger partial charge is 0.257 e. The maximum Gasteiger partial charge on any atom is 0.257 e. The lowest BCUT2D eigenvalue weighted by molar-refractivity contribution is 0.0850. The summed E-state index contributed by atoms with van der Waals surface area (Å²) < 4.78 is 32.6. The summed E-state index contributed by atoms with van der Waals surface area (Å²) in [6.07, 6.45) is 1.74. The fourth-order valence-electron chi connectivity index (χ4n) is 1.86. The van der Waals surface area contributed by atoms with Crippen LogP contribution in [0.2, 0.25) is 0 Å². The van der Waals surface area contributed by atoms with Crippen LogP contribution in [0, 0.1) is 11.6 Å². The van der Waals surface area contributed by atoms with Gasteiger partial charge in [-0.1, -0.05) is 15.9 Å². The maximum atomic E-state index is 13.5. The van der Waals surface area contributed by atoms with E-state index >= 15 is 0 Å². The average molecular weight is 320 g/mol. The number of ether oxygens (including phenoxy) is 1. The topological polar surface area (TPSA) is 38.3 Å². The van der Waals surface area contributed by atoms with Crippen LogP contribution >= 0.6 is 15.9 Å². The highest BCUT2D eigenvalue weighted by atomic mass is 79.9. The van der Waals surface area contributed by atoms with Gasteiger partial charge in [0.05, 0.1) is 6.10 Å². The largest absolute Gasteiger partial charge is 0.376 e. The Labute approximate surface area is 112 Å². The number of carbonyl (C=O) groups excluding carboxylic acids is 1. The Morgan fingerprint density at radius 2 is 2.11 bits per heavy atom. The van der Waals surface area contributed by atoms with E-state index in [2.05, 4.69) is 21.2 Å². The maximum absolute atomic E-state index is 13.5. The Morgan fingerprint density at radius 3 is 2.67 bits per heavy atom. The Morgan fingerprint density at radius 1 is 1.44 bits per heavy atom. The summed E-state index contributed by atoms with van der Waals surface area (Å²) in [5, 5.41) is 2.48. The van der Waals surface area contributed by atoms with E-state index in [9.17, 15) is 13.6 Å². The van der Waals surface area contributed by atoms with E-state index in [1.54, 1.807) is 0 Å². The Kier molecular flexibility index (Phi) is 4.29. The van der Waals surface area contributed by atoms with Crippen molar-refractivity contribution in [2.24, 2.45) is 0 Å². The van der Waals surface area contributed by atoms with Gasteiger partial charge >= 0.3 is 0 Å². The van der Waals surface area contributed by atoms with Gasteiger partial charge in [-0.05, 0) is 25.0 Å². The van der Waals surface area contributed by atoms with E-state index in [0.29, 0.717) is 6.61 Å². The third-order valence-electron chi connectivity index (χ3n) is 2.75. The van der Waals surface area contributed by atoms with Crippen molar-refractivity contribution in [3.63, 3.8) is 0 Å². The minimum atomic E-state index is -0.883. The predicted molar refractivity (Wildman–Crippen MR) is 65.4 cm³/mol. The molecule has 18 heavy (non-hydrogen) atoms. The molecule has 2 rings (SSSR count). The molecule has 1 heterocycles. The minimum Gasteiger partial charge on any atom is -0.376 e. The molecule has 0 radical (unpaired) electrons. The predicted octanol–water partition coefficient (Wildman–Crippen LogP) is 2.64. The first-order valence-corrected chi connectivity index (χ1v) is 6.41. The highest BCUT2D eigenvalue weighted by Gasteiger charge is 2.21. The molecule has 1 fully saturated rings. The van der Waals surface area contributed by atoms with Gasteiger partial charge in [0.25, 0.3) is 5.91 Å². The second-order valence-electron chi connectivity index (χ2n) is 4.09. The summed E-state index contributed by atoms with van der Waals surface area (Å²) in [6, 6.07) is 2.12. The van der Waals surface area contributed by atoms with Crippen molar-refractivity contribution in [1.82, 2.24) is 5.32 Å². The standard InChI is InChI=1S/C12H12BrF2NO2/c13-7-4-9(14)11(10(15)5-7)12(17)16-6-8-2-1-3-18-8/h4-5,8H,1-3,6H2,(H,16,17). The van der Waals surface area contributed by atoms with Crippen LogP contribution in [0.1, 0.15) is 23.2 Å². The van der Waals surface area contributed by atoms with Gasteiger partial charge in [-0.15, -0.1) is 0 Å². The number of rotatable bonds is 3. The van der Waals surface area contributed by atoms with E-state index in [4.69, 9.17) is 4.74 Å². The monoisotopic (exact) mass is 319 g/mol. The lowest BCUT2D eigenvalue weighted by atomic mass is 10.1. The Balaban J connectivity index is 2.04. The van der Waals surface area contributed by atoms with Crippen molar-refractivity contribution in [3.8, 4) is 0 Å². The summed E-state index contributed by atoms with van der Waals surface area (Å²) in [4.78, 5) is 11.7. The van der Waals surface area contributed by atoms with Crippen LogP contribution in [0.3, 0.4) is 0 Å². The molecule has 0 bridgehead atoms. The lowest BCUT2D eigenvalue weighted by Gasteiger charge is -2.11. The number of amides is 1. The van der Waals surface area contributed by atoms with Crippen LogP contribution in [0.25, 0.3) is 0 Å². The molecule has 98 valence electrons. The molecule has 1 aliphatic rings. The fraction of sp³-hybridized carbons (Fsp3) is 0.417. The molecule has 3 nitrogen and oxygen atoms in total. The van der Waals surface area contributed by atoms with Gasteiger partial charge in [-0.2, -0.15) is 0 Å². The average Bonchev–Trinajstić information content (AvgIpc) is 2.77. The first kappa shape index (κ1) is 13.4. The number of hydrogen-bond acceptors (Lipinski definition) is 2. The molecule has 1 atom stereocenters. The Hall–Kier alpha value is -1.01. The first-order valence-electron chi connectivity index (χ1n) is 5.62. The van der Waals surface area contributed by atoms with Gasteiger partial charge in [0, 0.05) is 17.6 Å². The summed E-state index contributed by atoms with van der Waals surface area (Å²) in [6.45, 7) is 0.940. The molecule has 1 aromatic rings. The SMILES string of the molecule is O=C(NCC1CCCO1)c1c(F)cc(Br)cc1F. The first-order chi connectivity index (χ1) is 8.58. The third kappa shape index (κ3) is 3.05. The molecule has 0 aromatic heterocycles. The van der Waals surface area contributed by atoms with Crippen LogP contribution in [0.15, 0.2) is 16.6 Å². The zero-order valence-electron chi connectivity index (χ0n) is 9.51. The van der Waals surface area contributed by atoms with Gasteiger partial charge in [0.1, 0.15) is 17.2 Å². The summed E-state index contributed by atoms with van der Waals surface area (Å²) in [5.74, 6) is -2.52. The number of carbonyl (C=O) groups is 1. The quantitative estimate of drug-likeness (QED) is 0.930. The van der Waals surface area contributed by atoms with Crippen molar-refractivity contribution >= 4 is 21.8 Å². The molecular weight excluding hydrogens is 308 g/mol. The minimum absolute atomic E-state index is 0.0597. The molecule has 0 spiro atoms. The zero-order chi connectivity index (χ0) is 13.1. The molecule has 1 aromatic carbocycles. The molecule has 1 saturated heterocycles. The molecule has 0 aliphatic carbocycles. The molecule has 1 unspecified atom stereocenters. The summed E-state index contributed by atoms with van der Waals surface area (Å²) in [7, 11) is 0. The van der Waals surface area contributed by atoms with Gasteiger partial charge in [-0.25, -0.2) is 8.78 Å². The molecular formula is C12H12BrF2NO2. The molecule has 6 heteroatoms. The fourth-order valence-corrected chi connectivity index (χ4v) is 2.26. The highest BCUT2D eigenvalue weighted by molar-refractivity contribution is 9.10. The highest BCUT2D eigenvalue weighted by Crippen LogP contribution is 2.19. The summed E-state index contributed by atoms with van der Waals surface area (Å²) >= 11 is 2.96. The van der Waals surface area contributed by atoms with Crippen molar-refractivity contribution in [2.75, 3.05) is 13.2 Å². The molecule has 1 amide bonds. The number of halogens is 3. The third-order valence-corrected chi connectivity index (χ3v) is 3.21. The van der Waals surface area contributed by atoms with Gasteiger partial charge in [-0.3, -0.25) is 4.79 Å². The van der Waals surface area contributed by atoms with Crippen molar-refractivity contribution < 1.29 is 18.3 Å². The number of nitrogens with one attached hydrogen (secondary N) is 1. The van der Waals surface area contributed by atoms with Crippen LogP contribution in [0.4, 0.5) is 8.78 Å². The number of benzene rings is 1. The van der Waals surface area contributed by atoms with Crippen molar-refractivity contribution in [3.05, 3.63) is 33.8 Å². The van der Waals surface area contributed by atoms with E-state index < -0.39 is 23.1 Å². The van der Waals surface area contributed by atoms with Gasteiger partial charge < -0.3 is 10.1 Å². The van der Waals surface area contributed by atoms with E-state index in [-0.39, 0.29) is 17.1 Å². The molecule has 1 aliphatic heterocycles. The lowest BCUT2D eigenvalue weighted by Crippen LogP contribution is -2.32. The van der Waals surface area contributed by atoms with Gasteiger partial charge in [0.15, 0.2) is 0 Å². The van der Waals surface area contributed by atoms with Crippen molar-refractivity contribution in [1.29, 1.82) is 0 Å². The zero-order valence-corrected chi connectivity index (χ0v) is 11.1. The van der Waals surface area contributed by atoms with Crippen LogP contribution in [-0.4, -0.2) is 25.2 Å². The van der Waals surface area contributed by atoms with Crippen molar-refractivity contribution in [2.45, 2.75) is 18.9 Å². The van der Waals surface area contributed by atoms with E-state index in [0.717, 1.165) is 25.0 Å². The molecule has 1 N–H and O–H groups in total. The second kappa shape index (κ2) is 5.75. The van der Waals surface area contributed by atoms with Crippen LogP contribution < -0.4 is 5.32 Å². The van der Waals surface area contributed by atoms with Crippen LogP contribution in [-0.2, 0) is 4.74 Å². The normalized spacial score (nSPS) is 18.9. The Bertz CT molecular complexity index is 438. The number of hydrogen-bond donors (Lipinski definition) is 1. The van der Waals surface area contributed by atoms with E-state index in [1.807, 2.05) is 0 Å². The van der Waals surface area contributed by atoms with Crippen LogP contribution in [0.5, 0.6) is 0 Å².